The van der Waals surface area contributed by atoms with Crippen LogP contribution < -0.4 is 14.9 Å². The van der Waals surface area contributed by atoms with Crippen LogP contribution in [0.4, 0.5) is 8.78 Å². The minimum absolute atomic E-state index is 0.0273. The molecule has 5 aromatic rings. The van der Waals surface area contributed by atoms with Gasteiger partial charge in [0.15, 0.2) is 23.1 Å². The van der Waals surface area contributed by atoms with Gasteiger partial charge >= 0.3 is 0 Å². The average Bonchev–Trinajstić information content (AvgIpc) is 2.95. The van der Waals surface area contributed by atoms with Crippen molar-refractivity contribution in [3.63, 3.8) is 0 Å². The van der Waals surface area contributed by atoms with Gasteiger partial charge in [0, 0.05) is 48.8 Å². The fourth-order valence-corrected chi connectivity index (χ4v) is 4.69. The van der Waals surface area contributed by atoms with Crippen molar-refractivity contribution in [2.24, 2.45) is 0 Å². The molecule has 0 atom stereocenters. The number of carbonyl (C=O) groups excluding carboxylic acids is 1. The molecule has 0 saturated heterocycles. The summed E-state index contributed by atoms with van der Waals surface area (Å²) >= 11 is 0. The Balaban J connectivity index is 1.36. The third-order valence-electron chi connectivity index (χ3n) is 6.64. The summed E-state index contributed by atoms with van der Waals surface area (Å²) in [7, 11) is 1.58. The first kappa shape index (κ1) is 28.6. The molecule has 8 nitrogen and oxygen atoms in total. The van der Waals surface area contributed by atoms with E-state index >= 15 is 4.39 Å². The Hall–Kier alpha value is -4.96. The number of hydrogen-bond acceptors (Lipinski definition) is 7. The second kappa shape index (κ2) is 12.3. The molecule has 2 aromatic carbocycles. The fraction of sp³-hybridized carbons (Fsp3) is 0.188. The largest absolute Gasteiger partial charge is 0.489 e. The Morgan fingerprint density at radius 1 is 0.929 bits per heavy atom. The molecule has 3 aromatic heterocycles. The molecule has 214 valence electrons. The third kappa shape index (κ3) is 6.03. The number of aromatic amines is 1. The Morgan fingerprint density at radius 2 is 1.71 bits per heavy atom. The van der Waals surface area contributed by atoms with Crippen molar-refractivity contribution in [1.82, 2.24) is 15.0 Å². The van der Waals surface area contributed by atoms with Gasteiger partial charge in [-0.2, -0.15) is 0 Å². The van der Waals surface area contributed by atoms with E-state index in [0.717, 1.165) is 0 Å². The summed E-state index contributed by atoms with van der Waals surface area (Å²) in [6.07, 6.45) is 2.83. The van der Waals surface area contributed by atoms with Crippen LogP contribution in [-0.2, 0) is 11.2 Å². The van der Waals surface area contributed by atoms with Crippen molar-refractivity contribution in [2.75, 3.05) is 20.3 Å². The predicted octanol–water partition coefficient (Wildman–Crippen LogP) is 6.12. The van der Waals surface area contributed by atoms with Gasteiger partial charge in [-0.3, -0.25) is 14.6 Å². The van der Waals surface area contributed by atoms with Gasteiger partial charge in [-0.25, -0.2) is 13.8 Å². The van der Waals surface area contributed by atoms with Crippen LogP contribution in [0.25, 0.3) is 22.2 Å². The van der Waals surface area contributed by atoms with Crippen LogP contribution in [0, 0.1) is 25.5 Å². The molecule has 0 saturated carbocycles. The van der Waals surface area contributed by atoms with E-state index in [0.29, 0.717) is 58.3 Å². The zero-order chi connectivity index (χ0) is 29.8. The van der Waals surface area contributed by atoms with Crippen molar-refractivity contribution in [3.8, 4) is 28.4 Å². The van der Waals surface area contributed by atoms with Crippen LogP contribution in [0.5, 0.6) is 17.2 Å². The maximum atomic E-state index is 15.2. The van der Waals surface area contributed by atoms with Crippen LogP contribution in [0.1, 0.15) is 27.3 Å². The summed E-state index contributed by atoms with van der Waals surface area (Å²) in [5, 5.41) is 0. The lowest BCUT2D eigenvalue weighted by molar-refractivity contribution is 0.0991. The van der Waals surface area contributed by atoms with Crippen molar-refractivity contribution < 1.29 is 27.8 Å². The smallest absolute Gasteiger partial charge is 0.200 e. The van der Waals surface area contributed by atoms with E-state index in [9.17, 15) is 14.0 Å². The number of hydrogen-bond donors (Lipinski definition) is 1. The number of ether oxygens (including phenoxy) is 3. The number of carbonyl (C=O) groups is 1. The van der Waals surface area contributed by atoms with Gasteiger partial charge in [-0.15, -0.1) is 0 Å². The van der Waals surface area contributed by atoms with Gasteiger partial charge in [0.2, 0.25) is 5.43 Å². The number of halogens is 2. The van der Waals surface area contributed by atoms with E-state index < -0.39 is 22.8 Å². The van der Waals surface area contributed by atoms with Crippen molar-refractivity contribution in [1.29, 1.82) is 0 Å². The first-order chi connectivity index (χ1) is 20.2. The van der Waals surface area contributed by atoms with Crippen molar-refractivity contribution in [3.05, 3.63) is 111 Å². The Kier molecular flexibility index (Phi) is 8.35. The lowest BCUT2D eigenvalue weighted by Crippen LogP contribution is -2.22. The fourth-order valence-electron chi connectivity index (χ4n) is 4.69. The summed E-state index contributed by atoms with van der Waals surface area (Å²) in [5.41, 5.74) is 2.52. The highest BCUT2D eigenvalue weighted by Gasteiger charge is 2.21. The topological polar surface area (TPSA) is 103 Å². The minimum atomic E-state index is -0.689. The zero-order valence-corrected chi connectivity index (χ0v) is 23.2. The molecule has 0 fully saturated rings. The molecule has 1 N–H and O–H groups in total. The molecule has 0 radical (unpaired) electrons. The molecule has 0 aliphatic rings. The summed E-state index contributed by atoms with van der Waals surface area (Å²) in [5.74, 6) is -0.858. The number of nitrogens with zero attached hydrogens (tertiary/aromatic N) is 2. The number of benzene rings is 2. The van der Waals surface area contributed by atoms with Crippen LogP contribution in [0.2, 0.25) is 0 Å². The molecule has 0 unspecified atom stereocenters. The highest BCUT2D eigenvalue weighted by molar-refractivity contribution is 5.99. The Morgan fingerprint density at radius 3 is 2.45 bits per heavy atom. The van der Waals surface area contributed by atoms with Gasteiger partial charge in [0.25, 0.3) is 0 Å². The van der Waals surface area contributed by atoms with Gasteiger partial charge in [0.1, 0.15) is 23.7 Å². The zero-order valence-electron chi connectivity index (χ0n) is 23.2. The number of aryl methyl sites for hydroxylation is 2. The molecule has 0 amide bonds. The van der Waals surface area contributed by atoms with E-state index in [1.54, 1.807) is 39.2 Å². The number of H-pyrrole nitrogens is 1. The number of nitrogens with one attached hydrogen (secondary N) is 1. The van der Waals surface area contributed by atoms with E-state index in [1.165, 1.54) is 48.8 Å². The summed E-state index contributed by atoms with van der Waals surface area (Å²) in [4.78, 5) is 38.4. The van der Waals surface area contributed by atoms with Crippen molar-refractivity contribution in [2.45, 2.75) is 20.3 Å². The first-order valence-corrected chi connectivity index (χ1v) is 13.1. The predicted molar refractivity (Wildman–Crippen MR) is 153 cm³/mol. The third-order valence-corrected chi connectivity index (χ3v) is 6.64. The first-order valence-electron chi connectivity index (χ1n) is 13.1. The molecule has 0 bridgehead atoms. The molecule has 0 spiro atoms. The van der Waals surface area contributed by atoms with Gasteiger partial charge in [0.05, 0.1) is 23.9 Å². The van der Waals surface area contributed by atoms with E-state index in [4.69, 9.17) is 14.2 Å². The number of aromatic nitrogens is 3. The summed E-state index contributed by atoms with van der Waals surface area (Å²) < 4.78 is 45.0. The molecule has 3 heterocycles. The standard InChI is InChI=1S/C32H27F2N3O5/c1-18-29(21-5-7-22(33)8-6-21)32(39)30(19(2)37-18)26(38)15-20-4-9-27(24(34)14-20)42-28-10-11-35-25-16-23(17-36-31(25)28)41-13-12-40-3/h4-11,14,16-17H,12-13,15H2,1-3H3,(H,37,39). The number of ketones is 1. The molecule has 5 rings (SSSR count). The van der Waals surface area contributed by atoms with Crippen LogP contribution >= 0.6 is 0 Å². The highest BCUT2D eigenvalue weighted by Crippen LogP contribution is 2.31. The molecular formula is C32H27F2N3O5. The number of fused-ring (bicyclic) bond motifs is 1. The van der Waals surface area contributed by atoms with Crippen LogP contribution in [-0.4, -0.2) is 41.1 Å². The highest BCUT2D eigenvalue weighted by atomic mass is 19.1. The van der Waals surface area contributed by atoms with Crippen LogP contribution in [0.15, 0.2) is 71.8 Å². The SMILES string of the molecule is COCCOc1cnc2c(Oc3ccc(CC(=O)c4c(C)[nH]c(C)c(-c5ccc(F)cc5)c4=O)cc3F)ccnc2c1. The lowest BCUT2D eigenvalue weighted by Gasteiger charge is -2.13. The average molecular weight is 572 g/mol. The second-order valence-electron chi connectivity index (χ2n) is 9.62. The van der Waals surface area contributed by atoms with E-state index in [2.05, 4.69) is 15.0 Å². The lowest BCUT2D eigenvalue weighted by atomic mass is 9.95. The monoisotopic (exact) mass is 571 g/mol. The molecule has 0 aliphatic carbocycles. The van der Waals surface area contributed by atoms with Crippen LogP contribution in [0.3, 0.4) is 0 Å². The van der Waals surface area contributed by atoms with E-state index in [1.807, 2.05) is 0 Å². The van der Waals surface area contributed by atoms with Gasteiger partial charge in [-0.1, -0.05) is 18.2 Å². The number of Topliss-reactive ketones (excluding diaryl/α,β-unsaturated/α-hetero) is 1. The van der Waals surface area contributed by atoms with Crippen molar-refractivity contribution >= 4 is 16.8 Å². The normalized spacial score (nSPS) is 11.1. The maximum Gasteiger partial charge on any atom is 0.200 e. The van der Waals surface area contributed by atoms with Gasteiger partial charge in [-0.05, 0) is 49.2 Å². The van der Waals surface area contributed by atoms with Gasteiger partial charge < -0.3 is 19.2 Å². The maximum absolute atomic E-state index is 15.2. The Labute approximate surface area is 239 Å². The summed E-state index contributed by atoms with van der Waals surface area (Å²) in [6.45, 7) is 4.13. The molecule has 42 heavy (non-hydrogen) atoms. The molecule has 0 aliphatic heterocycles. The molecule has 10 heteroatoms. The summed E-state index contributed by atoms with van der Waals surface area (Å²) in [6, 6.07) is 12.9. The quantitative estimate of drug-likeness (QED) is 0.159. The number of methoxy groups -OCH3 is 1. The number of rotatable bonds is 10. The second-order valence-corrected chi connectivity index (χ2v) is 9.62. The van der Waals surface area contributed by atoms with E-state index in [-0.39, 0.29) is 23.3 Å². The Bertz CT molecular complexity index is 1840. The minimum Gasteiger partial charge on any atom is -0.489 e. The number of pyridine rings is 3. The molecular weight excluding hydrogens is 544 g/mol.